The summed E-state index contributed by atoms with van der Waals surface area (Å²) in [5, 5.41) is 10.3. The minimum Gasteiger partial charge on any atom is -0.469 e. The Labute approximate surface area is 161 Å². The fourth-order valence-corrected chi connectivity index (χ4v) is 3.07. The van der Waals surface area contributed by atoms with Crippen molar-refractivity contribution >= 4 is 16.7 Å². The Bertz CT molecular complexity index is 1190. The number of para-hydroxylation sites is 1. The van der Waals surface area contributed by atoms with E-state index in [2.05, 4.69) is 19.9 Å². The molecule has 1 atom stereocenters. The minimum atomic E-state index is -0.449. The van der Waals surface area contributed by atoms with E-state index in [0.717, 1.165) is 27.7 Å². The van der Waals surface area contributed by atoms with Crippen molar-refractivity contribution in [1.82, 2.24) is 19.9 Å². The average Bonchev–Trinajstić information content (AvgIpc) is 2.73. The van der Waals surface area contributed by atoms with Crippen molar-refractivity contribution < 1.29 is 4.74 Å². The Kier molecular flexibility index (Phi) is 4.52. The predicted octanol–water partition coefficient (Wildman–Crippen LogP) is 3.68. The van der Waals surface area contributed by atoms with Crippen LogP contribution in [0.15, 0.2) is 61.2 Å². The van der Waals surface area contributed by atoms with Gasteiger partial charge < -0.3 is 10.5 Å². The van der Waals surface area contributed by atoms with Crippen molar-refractivity contribution in [1.29, 1.82) is 5.26 Å². The number of hydrogen-bond acceptors (Lipinski definition) is 7. The molecule has 1 unspecified atom stereocenters. The summed E-state index contributed by atoms with van der Waals surface area (Å²) >= 11 is 0. The first-order valence-electron chi connectivity index (χ1n) is 8.65. The smallest absolute Gasteiger partial charge is 0.237 e. The topological polar surface area (TPSA) is 111 Å². The van der Waals surface area contributed by atoms with Crippen molar-refractivity contribution in [2.75, 3.05) is 5.73 Å². The van der Waals surface area contributed by atoms with Crippen molar-refractivity contribution in [2.24, 2.45) is 0 Å². The summed E-state index contributed by atoms with van der Waals surface area (Å²) in [5.74, 6) is 0.226. The van der Waals surface area contributed by atoms with E-state index in [9.17, 15) is 5.26 Å². The van der Waals surface area contributed by atoms with E-state index < -0.39 is 6.10 Å². The second-order valence-electron chi connectivity index (χ2n) is 6.13. The third-order valence-corrected chi connectivity index (χ3v) is 4.41. The lowest BCUT2D eigenvalue weighted by Gasteiger charge is -2.19. The molecule has 0 fully saturated rings. The molecular weight excluding hydrogens is 352 g/mol. The maximum Gasteiger partial charge on any atom is 0.237 e. The molecule has 7 heteroatoms. The van der Waals surface area contributed by atoms with E-state index in [0.29, 0.717) is 0 Å². The van der Waals surface area contributed by atoms with Crippen LogP contribution in [0.3, 0.4) is 0 Å². The molecule has 3 heterocycles. The van der Waals surface area contributed by atoms with Crippen LogP contribution in [0.4, 0.5) is 5.82 Å². The van der Waals surface area contributed by atoms with E-state index in [1.54, 1.807) is 12.4 Å². The molecule has 0 saturated carbocycles. The van der Waals surface area contributed by atoms with Crippen molar-refractivity contribution in [2.45, 2.75) is 13.0 Å². The highest BCUT2D eigenvalue weighted by Gasteiger charge is 2.20. The number of nitrogens with two attached hydrogens (primary N) is 1. The average molecular weight is 368 g/mol. The number of aromatic nitrogens is 4. The Morgan fingerprint density at radius 2 is 1.86 bits per heavy atom. The molecule has 0 saturated heterocycles. The van der Waals surface area contributed by atoms with Gasteiger partial charge in [0.15, 0.2) is 5.56 Å². The van der Waals surface area contributed by atoms with Gasteiger partial charge in [0, 0.05) is 28.9 Å². The zero-order valence-electron chi connectivity index (χ0n) is 15.1. The first-order valence-corrected chi connectivity index (χ1v) is 8.65. The van der Waals surface area contributed by atoms with Crippen molar-refractivity contribution in [3.63, 3.8) is 0 Å². The number of benzene rings is 1. The van der Waals surface area contributed by atoms with Crippen molar-refractivity contribution in [3.8, 4) is 23.2 Å². The molecule has 2 N–H and O–H groups in total. The molecule has 28 heavy (non-hydrogen) atoms. The highest BCUT2D eigenvalue weighted by molar-refractivity contribution is 5.95. The van der Waals surface area contributed by atoms with Crippen LogP contribution >= 0.6 is 0 Å². The lowest BCUT2D eigenvalue weighted by atomic mass is 9.97. The molecule has 0 bridgehead atoms. The highest BCUT2D eigenvalue weighted by Crippen LogP contribution is 2.35. The van der Waals surface area contributed by atoms with Gasteiger partial charge in [0.25, 0.3) is 0 Å². The summed E-state index contributed by atoms with van der Waals surface area (Å²) in [5.41, 5.74) is 9.32. The Morgan fingerprint density at radius 1 is 1.04 bits per heavy atom. The molecule has 0 aliphatic heterocycles. The molecule has 7 nitrogen and oxygen atoms in total. The third-order valence-electron chi connectivity index (χ3n) is 4.41. The second-order valence-corrected chi connectivity index (χ2v) is 6.13. The normalized spacial score (nSPS) is 11.7. The van der Waals surface area contributed by atoms with Crippen LogP contribution in [0.25, 0.3) is 22.2 Å². The summed E-state index contributed by atoms with van der Waals surface area (Å²) in [6.45, 7) is 1.87. The molecule has 0 aliphatic carbocycles. The molecule has 0 amide bonds. The van der Waals surface area contributed by atoms with E-state index in [4.69, 9.17) is 10.5 Å². The number of hydrogen-bond donors (Lipinski definition) is 1. The zero-order chi connectivity index (χ0) is 19.5. The van der Waals surface area contributed by atoms with E-state index in [-0.39, 0.29) is 17.3 Å². The lowest BCUT2D eigenvalue weighted by Crippen LogP contribution is -2.10. The molecule has 1 aromatic carbocycles. The predicted molar refractivity (Wildman–Crippen MR) is 105 cm³/mol. The SMILES string of the molecule is CC(Oc1ncnc(N)c1C#N)c1cnc2ccccc2c1-c1ccccn1. The Balaban J connectivity index is 1.85. The molecule has 0 radical (unpaired) electrons. The Hall–Kier alpha value is -4.05. The number of rotatable bonds is 4. The van der Waals surface area contributed by atoms with Crippen LogP contribution < -0.4 is 10.5 Å². The summed E-state index contributed by atoms with van der Waals surface area (Å²) in [6.07, 6.45) is 4.35. The molecule has 4 aromatic rings. The number of nitriles is 1. The van der Waals surface area contributed by atoms with Gasteiger partial charge in [-0.15, -0.1) is 0 Å². The van der Waals surface area contributed by atoms with Crippen LogP contribution in [-0.4, -0.2) is 19.9 Å². The summed E-state index contributed by atoms with van der Waals surface area (Å²) < 4.78 is 5.99. The molecule has 4 rings (SSSR count). The first-order chi connectivity index (χ1) is 13.7. The first kappa shape index (κ1) is 17.4. The van der Waals surface area contributed by atoms with Gasteiger partial charge in [-0.25, -0.2) is 9.97 Å². The van der Waals surface area contributed by atoms with Gasteiger partial charge in [0.05, 0.1) is 11.2 Å². The fraction of sp³-hybridized carbons (Fsp3) is 0.0952. The van der Waals surface area contributed by atoms with Gasteiger partial charge in [0.1, 0.15) is 24.3 Å². The van der Waals surface area contributed by atoms with E-state index in [1.165, 1.54) is 6.33 Å². The Morgan fingerprint density at radius 3 is 2.64 bits per heavy atom. The second kappa shape index (κ2) is 7.29. The summed E-state index contributed by atoms with van der Waals surface area (Å²) in [6, 6.07) is 15.6. The van der Waals surface area contributed by atoms with Gasteiger partial charge in [-0.05, 0) is 25.1 Å². The standard InChI is InChI=1S/C21H16N6O/c1-13(28-21-15(10-22)20(23)26-12-27-21)16-11-25-17-7-3-2-6-14(17)19(16)18-8-4-5-9-24-18/h2-9,11-13H,1H3,(H2,23,26,27). The highest BCUT2D eigenvalue weighted by atomic mass is 16.5. The summed E-state index contributed by atoms with van der Waals surface area (Å²) in [7, 11) is 0. The van der Waals surface area contributed by atoms with Crippen molar-refractivity contribution in [3.05, 3.63) is 72.3 Å². The fourth-order valence-electron chi connectivity index (χ4n) is 3.07. The zero-order valence-corrected chi connectivity index (χ0v) is 15.1. The monoisotopic (exact) mass is 368 g/mol. The van der Waals surface area contributed by atoms with Crippen LogP contribution in [0.1, 0.15) is 24.2 Å². The quantitative estimate of drug-likeness (QED) is 0.585. The maximum absolute atomic E-state index is 9.34. The van der Waals surface area contributed by atoms with E-state index in [1.807, 2.05) is 55.5 Å². The van der Waals surface area contributed by atoms with E-state index >= 15 is 0 Å². The maximum atomic E-state index is 9.34. The molecule has 0 aliphatic rings. The number of nitrogen functional groups attached to an aromatic ring is 1. The van der Waals surface area contributed by atoms with Crippen LogP contribution in [-0.2, 0) is 0 Å². The van der Waals surface area contributed by atoms with Gasteiger partial charge in [0.2, 0.25) is 5.88 Å². The van der Waals surface area contributed by atoms with Crippen LogP contribution in [0.2, 0.25) is 0 Å². The van der Waals surface area contributed by atoms with Gasteiger partial charge >= 0.3 is 0 Å². The largest absolute Gasteiger partial charge is 0.469 e. The number of nitrogens with zero attached hydrogens (tertiary/aromatic N) is 5. The molecule has 0 spiro atoms. The number of ether oxygens (including phenoxy) is 1. The van der Waals surface area contributed by atoms with Gasteiger partial charge in [-0.1, -0.05) is 24.3 Å². The van der Waals surface area contributed by atoms with Crippen LogP contribution in [0.5, 0.6) is 5.88 Å². The molecular formula is C21H16N6O. The summed E-state index contributed by atoms with van der Waals surface area (Å²) in [4.78, 5) is 17.0. The lowest BCUT2D eigenvalue weighted by molar-refractivity contribution is 0.217. The molecule has 3 aromatic heterocycles. The molecule has 136 valence electrons. The number of pyridine rings is 2. The van der Waals surface area contributed by atoms with Gasteiger partial charge in [-0.3, -0.25) is 9.97 Å². The number of anilines is 1. The van der Waals surface area contributed by atoms with Gasteiger partial charge in [-0.2, -0.15) is 5.26 Å². The minimum absolute atomic E-state index is 0.0845. The van der Waals surface area contributed by atoms with Crippen LogP contribution in [0, 0.1) is 11.3 Å². The third kappa shape index (κ3) is 3.08. The number of fused-ring (bicyclic) bond motifs is 1.